The third-order valence-electron chi connectivity index (χ3n) is 3.97. The predicted octanol–water partition coefficient (Wildman–Crippen LogP) is 2.26. The van der Waals surface area contributed by atoms with Crippen LogP contribution in [-0.4, -0.2) is 44.9 Å². The molecule has 2 aromatic rings. The second-order valence-corrected chi connectivity index (χ2v) is 8.74. The molecule has 6 nitrogen and oxygen atoms in total. The van der Waals surface area contributed by atoms with Crippen molar-refractivity contribution in [1.82, 2.24) is 4.31 Å². The van der Waals surface area contributed by atoms with Gasteiger partial charge in [-0.25, -0.2) is 8.42 Å². The summed E-state index contributed by atoms with van der Waals surface area (Å²) in [6, 6.07) is 8.76. The molecule has 0 atom stereocenters. The summed E-state index contributed by atoms with van der Waals surface area (Å²) in [7, 11) is -3.60. The molecule has 1 saturated heterocycles. The van der Waals surface area contributed by atoms with Gasteiger partial charge in [-0.3, -0.25) is 4.79 Å². The summed E-state index contributed by atoms with van der Waals surface area (Å²) in [4.78, 5) is 13.3. The van der Waals surface area contributed by atoms with Crippen LogP contribution in [0.15, 0.2) is 40.6 Å². The molecule has 0 radical (unpaired) electrons. The lowest BCUT2D eigenvalue weighted by atomic mass is 10.2. The Balaban J connectivity index is 1.79. The number of ether oxygens (including phenoxy) is 1. The summed E-state index contributed by atoms with van der Waals surface area (Å²) >= 11 is 1.52. The minimum absolute atomic E-state index is 0.166. The van der Waals surface area contributed by atoms with Gasteiger partial charge in [-0.05, 0) is 36.1 Å². The van der Waals surface area contributed by atoms with Crippen molar-refractivity contribution in [1.29, 1.82) is 0 Å². The highest BCUT2D eigenvalue weighted by Crippen LogP contribution is 2.24. The van der Waals surface area contributed by atoms with E-state index in [0.717, 1.165) is 4.88 Å². The molecule has 2 heterocycles. The Kier molecular flexibility index (Phi) is 5.53. The Morgan fingerprint density at radius 2 is 2.04 bits per heavy atom. The van der Waals surface area contributed by atoms with Gasteiger partial charge in [0.05, 0.1) is 24.5 Å². The van der Waals surface area contributed by atoms with Gasteiger partial charge in [0.15, 0.2) is 0 Å². The number of carbonyl (C=O) groups excluding carboxylic acids is 1. The molecule has 134 valence electrons. The quantitative estimate of drug-likeness (QED) is 0.863. The van der Waals surface area contributed by atoms with Crippen molar-refractivity contribution in [2.75, 3.05) is 31.6 Å². The first kappa shape index (κ1) is 18.1. The minimum Gasteiger partial charge on any atom is -0.379 e. The number of morpholine rings is 1. The van der Waals surface area contributed by atoms with E-state index in [0.29, 0.717) is 37.6 Å². The van der Waals surface area contributed by atoms with Crippen LogP contribution in [0.3, 0.4) is 0 Å². The number of hydrogen-bond donors (Lipinski definition) is 1. The fraction of sp³-hybridized carbons (Fsp3) is 0.353. The molecule has 8 heteroatoms. The van der Waals surface area contributed by atoms with Crippen molar-refractivity contribution in [2.45, 2.75) is 18.2 Å². The van der Waals surface area contributed by atoms with Crippen molar-refractivity contribution < 1.29 is 17.9 Å². The first-order valence-electron chi connectivity index (χ1n) is 7.97. The Morgan fingerprint density at radius 3 is 2.72 bits per heavy atom. The van der Waals surface area contributed by atoms with Gasteiger partial charge in [-0.1, -0.05) is 12.1 Å². The van der Waals surface area contributed by atoms with Crippen LogP contribution in [0.1, 0.15) is 10.4 Å². The van der Waals surface area contributed by atoms with Crippen LogP contribution >= 0.6 is 11.3 Å². The van der Waals surface area contributed by atoms with E-state index in [4.69, 9.17) is 4.74 Å². The zero-order valence-corrected chi connectivity index (χ0v) is 15.5. The van der Waals surface area contributed by atoms with E-state index in [-0.39, 0.29) is 17.2 Å². The largest absolute Gasteiger partial charge is 0.379 e. The topological polar surface area (TPSA) is 75.7 Å². The number of benzene rings is 1. The molecule has 3 rings (SSSR count). The van der Waals surface area contributed by atoms with Crippen molar-refractivity contribution in [3.8, 4) is 0 Å². The molecular formula is C17H20N2O4S2. The molecule has 1 fully saturated rings. The zero-order chi connectivity index (χ0) is 17.9. The number of sulfonamides is 1. The van der Waals surface area contributed by atoms with E-state index >= 15 is 0 Å². The van der Waals surface area contributed by atoms with Gasteiger partial charge in [-0.2, -0.15) is 4.31 Å². The Hall–Kier alpha value is -1.74. The molecule has 0 unspecified atom stereocenters. The van der Waals surface area contributed by atoms with Crippen LogP contribution in [-0.2, 0) is 26.0 Å². The summed E-state index contributed by atoms with van der Waals surface area (Å²) in [5, 5.41) is 4.70. The summed E-state index contributed by atoms with van der Waals surface area (Å²) < 4.78 is 32.4. The first-order chi connectivity index (χ1) is 12.0. The van der Waals surface area contributed by atoms with Gasteiger partial charge in [0.25, 0.3) is 0 Å². The molecule has 0 bridgehead atoms. The average Bonchev–Trinajstić information content (AvgIpc) is 3.10. The number of hydrogen-bond acceptors (Lipinski definition) is 5. The second kappa shape index (κ2) is 7.65. The normalized spacial score (nSPS) is 15.9. The van der Waals surface area contributed by atoms with Gasteiger partial charge in [0.2, 0.25) is 15.9 Å². The summed E-state index contributed by atoms with van der Waals surface area (Å²) in [6.45, 7) is 3.24. The maximum Gasteiger partial charge on any atom is 0.243 e. The summed E-state index contributed by atoms with van der Waals surface area (Å²) in [5.74, 6) is -0.166. The van der Waals surface area contributed by atoms with Gasteiger partial charge in [0, 0.05) is 23.7 Å². The van der Waals surface area contributed by atoms with Gasteiger partial charge >= 0.3 is 0 Å². The van der Waals surface area contributed by atoms with Gasteiger partial charge in [0.1, 0.15) is 0 Å². The smallest absolute Gasteiger partial charge is 0.243 e. The molecule has 1 aliphatic rings. The first-order valence-corrected chi connectivity index (χ1v) is 10.3. The third-order valence-corrected chi connectivity index (χ3v) is 6.89. The second-order valence-electron chi connectivity index (χ2n) is 5.80. The molecule has 25 heavy (non-hydrogen) atoms. The number of anilines is 1. The number of aryl methyl sites for hydroxylation is 1. The fourth-order valence-corrected chi connectivity index (χ4v) is 5.02. The van der Waals surface area contributed by atoms with Crippen LogP contribution in [0, 0.1) is 6.92 Å². The van der Waals surface area contributed by atoms with Crippen LogP contribution in [0.5, 0.6) is 0 Å². The number of thiophene rings is 1. The number of amides is 1. The number of nitrogens with one attached hydrogen (secondary N) is 1. The monoisotopic (exact) mass is 380 g/mol. The molecular weight excluding hydrogens is 360 g/mol. The van der Waals surface area contributed by atoms with Crippen molar-refractivity contribution >= 4 is 33.0 Å². The maximum absolute atomic E-state index is 12.9. The molecule has 0 aliphatic carbocycles. The molecule has 1 aromatic heterocycles. The lowest BCUT2D eigenvalue weighted by Crippen LogP contribution is -2.40. The van der Waals surface area contributed by atoms with Crippen LogP contribution in [0.4, 0.5) is 5.69 Å². The van der Waals surface area contributed by atoms with Crippen molar-refractivity contribution in [3.63, 3.8) is 0 Å². The van der Waals surface area contributed by atoms with E-state index in [1.807, 2.05) is 17.5 Å². The van der Waals surface area contributed by atoms with Crippen LogP contribution < -0.4 is 5.32 Å². The van der Waals surface area contributed by atoms with E-state index < -0.39 is 10.0 Å². The van der Waals surface area contributed by atoms with E-state index in [2.05, 4.69) is 5.32 Å². The highest BCUT2D eigenvalue weighted by molar-refractivity contribution is 7.89. The highest BCUT2D eigenvalue weighted by atomic mass is 32.2. The fourth-order valence-electron chi connectivity index (χ4n) is 2.66. The Bertz CT molecular complexity index is 842. The SMILES string of the molecule is Cc1ccc(NC(=O)Cc2cccs2)cc1S(=O)(=O)N1CCOCC1. The lowest BCUT2D eigenvalue weighted by molar-refractivity contribution is -0.115. The Labute approximate surface area is 151 Å². The molecule has 1 N–H and O–H groups in total. The highest BCUT2D eigenvalue weighted by Gasteiger charge is 2.28. The minimum atomic E-state index is -3.60. The molecule has 1 aromatic carbocycles. The number of carbonyl (C=O) groups is 1. The summed E-state index contributed by atoms with van der Waals surface area (Å²) in [5.41, 5.74) is 1.14. The molecule has 1 aliphatic heterocycles. The maximum atomic E-state index is 12.9. The number of nitrogens with zero attached hydrogens (tertiary/aromatic N) is 1. The van der Waals surface area contributed by atoms with E-state index in [1.165, 1.54) is 21.7 Å². The van der Waals surface area contributed by atoms with E-state index in [9.17, 15) is 13.2 Å². The standard InChI is InChI=1S/C17H20N2O4S2/c1-13-4-5-14(18-17(20)12-15-3-2-10-24-15)11-16(13)25(21,22)19-6-8-23-9-7-19/h2-5,10-11H,6-9,12H2,1H3,(H,18,20). The van der Waals surface area contributed by atoms with Crippen molar-refractivity contribution in [3.05, 3.63) is 46.2 Å². The number of rotatable bonds is 5. The van der Waals surface area contributed by atoms with Crippen LogP contribution in [0.2, 0.25) is 0 Å². The molecule has 0 spiro atoms. The van der Waals surface area contributed by atoms with Gasteiger partial charge < -0.3 is 10.1 Å². The Morgan fingerprint density at radius 1 is 1.28 bits per heavy atom. The van der Waals surface area contributed by atoms with Gasteiger partial charge in [-0.15, -0.1) is 11.3 Å². The lowest BCUT2D eigenvalue weighted by Gasteiger charge is -2.26. The average molecular weight is 380 g/mol. The van der Waals surface area contributed by atoms with Crippen molar-refractivity contribution in [2.24, 2.45) is 0 Å². The molecule has 1 amide bonds. The molecule has 0 saturated carbocycles. The summed E-state index contributed by atoms with van der Waals surface area (Å²) in [6.07, 6.45) is 0.275. The zero-order valence-electron chi connectivity index (χ0n) is 13.9. The third kappa shape index (κ3) is 4.27. The van der Waals surface area contributed by atoms with Crippen LogP contribution in [0.25, 0.3) is 0 Å². The van der Waals surface area contributed by atoms with E-state index in [1.54, 1.807) is 19.1 Å². The predicted molar refractivity (Wildman–Crippen MR) is 97.4 cm³/mol.